The fourth-order valence-electron chi connectivity index (χ4n) is 2.35. The number of nitrogens with one attached hydrogen (secondary N) is 1. The van der Waals surface area contributed by atoms with E-state index in [4.69, 9.17) is 4.74 Å². The third-order valence-electron chi connectivity index (χ3n) is 2.94. The van der Waals surface area contributed by atoms with Crippen molar-refractivity contribution in [1.82, 2.24) is 10.2 Å². The smallest absolute Gasteiger partial charge is 0.327 e. The fraction of sp³-hybridized carbons (Fsp3) is 0.917. The van der Waals surface area contributed by atoms with Gasteiger partial charge in [-0.1, -0.05) is 0 Å². The second-order valence-electron chi connectivity index (χ2n) is 5.27. The number of carbonyl (C=O) groups excluding carboxylic acids is 1. The third kappa shape index (κ3) is 2.95. The molecule has 1 aliphatic carbocycles. The van der Waals surface area contributed by atoms with Gasteiger partial charge >= 0.3 is 5.97 Å². The van der Waals surface area contributed by atoms with E-state index in [2.05, 4.69) is 19.2 Å². The number of methoxy groups -OCH3 is 1. The monoisotopic (exact) mass is 228 g/mol. The van der Waals surface area contributed by atoms with E-state index in [0.717, 1.165) is 12.8 Å². The van der Waals surface area contributed by atoms with Crippen LogP contribution in [0.3, 0.4) is 0 Å². The number of hydrogen-bond donors (Lipinski definition) is 1. The van der Waals surface area contributed by atoms with Gasteiger partial charge in [-0.2, -0.15) is 0 Å². The van der Waals surface area contributed by atoms with Crippen molar-refractivity contribution in [2.45, 2.75) is 38.3 Å². The topological polar surface area (TPSA) is 41.6 Å². The normalized spacial score (nSPS) is 19.9. The summed E-state index contributed by atoms with van der Waals surface area (Å²) in [6.07, 6.45) is 2.23. The molecule has 0 aliphatic heterocycles. The van der Waals surface area contributed by atoms with Crippen molar-refractivity contribution in [3.63, 3.8) is 0 Å². The van der Waals surface area contributed by atoms with E-state index in [0.29, 0.717) is 12.5 Å². The van der Waals surface area contributed by atoms with Crippen molar-refractivity contribution in [1.29, 1.82) is 0 Å². The van der Waals surface area contributed by atoms with Crippen LogP contribution in [0.1, 0.15) is 26.7 Å². The molecule has 1 fully saturated rings. The molecule has 1 N–H and O–H groups in total. The number of carbonyl (C=O) groups is 1. The number of ether oxygens (including phenoxy) is 1. The predicted octanol–water partition coefficient (Wildman–Crippen LogP) is 0.868. The average Bonchev–Trinajstić information content (AvgIpc) is 2.96. The molecular weight excluding hydrogens is 204 g/mol. The van der Waals surface area contributed by atoms with Gasteiger partial charge < -0.3 is 9.64 Å². The zero-order valence-electron chi connectivity index (χ0n) is 11.0. The summed E-state index contributed by atoms with van der Waals surface area (Å²) in [5.41, 5.74) is -0.521. The van der Waals surface area contributed by atoms with E-state index in [-0.39, 0.29) is 12.0 Å². The lowest BCUT2D eigenvalue weighted by atomic mass is 9.91. The lowest BCUT2D eigenvalue weighted by Gasteiger charge is -2.36. The molecule has 16 heavy (non-hydrogen) atoms. The lowest BCUT2D eigenvalue weighted by molar-refractivity contribution is -0.151. The summed E-state index contributed by atoms with van der Waals surface area (Å²) in [5.74, 6) is 0.294. The van der Waals surface area contributed by atoms with E-state index in [1.807, 2.05) is 19.0 Å². The Kier molecular flexibility index (Phi) is 4.33. The second-order valence-corrected chi connectivity index (χ2v) is 5.27. The van der Waals surface area contributed by atoms with Crippen molar-refractivity contribution in [2.24, 2.45) is 5.92 Å². The van der Waals surface area contributed by atoms with Crippen LogP contribution in [0.5, 0.6) is 0 Å². The molecule has 1 atom stereocenters. The first kappa shape index (κ1) is 13.5. The van der Waals surface area contributed by atoms with Crippen molar-refractivity contribution in [3.05, 3.63) is 0 Å². The molecule has 1 rings (SSSR count). The summed E-state index contributed by atoms with van der Waals surface area (Å²) in [6.45, 7) is 4.83. The number of rotatable bonds is 6. The molecule has 94 valence electrons. The second kappa shape index (κ2) is 5.15. The van der Waals surface area contributed by atoms with E-state index >= 15 is 0 Å². The minimum Gasteiger partial charge on any atom is -0.468 e. The lowest BCUT2D eigenvalue weighted by Crippen LogP contribution is -2.62. The van der Waals surface area contributed by atoms with Gasteiger partial charge in [-0.15, -0.1) is 0 Å². The van der Waals surface area contributed by atoms with Crippen LogP contribution < -0.4 is 5.32 Å². The quantitative estimate of drug-likeness (QED) is 0.685. The first-order valence-electron chi connectivity index (χ1n) is 5.93. The van der Waals surface area contributed by atoms with Crippen LogP contribution in [0, 0.1) is 5.92 Å². The Morgan fingerprint density at radius 2 is 2.06 bits per heavy atom. The molecule has 0 bridgehead atoms. The van der Waals surface area contributed by atoms with Crippen molar-refractivity contribution < 1.29 is 9.53 Å². The van der Waals surface area contributed by atoms with Gasteiger partial charge in [0.15, 0.2) is 0 Å². The molecule has 4 heteroatoms. The van der Waals surface area contributed by atoms with Crippen LogP contribution in [0.2, 0.25) is 0 Å². The predicted molar refractivity (Wildman–Crippen MR) is 64.3 cm³/mol. The molecule has 1 aliphatic rings. The van der Waals surface area contributed by atoms with Crippen LogP contribution in [0.15, 0.2) is 0 Å². The maximum Gasteiger partial charge on any atom is 0.327 e. The summed E-state index contributed by atoms with van der Waals surface area (Å²) < 4.78 is 4.99. The highest BCUT2D eigenvalue weighted by Gasteiger charge is 2.52. The Labute approximate surface area is 98.3 Å². The summed E-state index contributed by atoms with van der Waals surface area (Å²) in [4.78, 5) is 14.1. The van der Waals surface area contributed by atoms with Gasteiger partial charge in [0.2, 0.25) is 0 Å². The van der Waals surface area contributed by atoms with Crippen LogP contribution >= 0.6 is 0 Å². The molecule has 0 aromatic rings. The zero-order valence-corrected chi connectivity index (χ0v) is 11.0. The first-order chi connectivity index (χ1) is 7.42. The largest absolute Gasteiger partial charge is 0.468 e. The van der Waals surface area contributed by atoms with E-state index in [1.165, 1.54) is 7.11 Å². The highest BCUT2D eigenvalue weighted by molar-refractivity contribution is 5.82. The van der Waals surface area contributed by atoms with Crippen LogP contribution in [0.4, 0.5) is 0 Å². The van der Waals surface area contributed by atoms with Crippen LogP contribution in [-0.4, -0.2) is 50.2 Å². The Balaban J connectivity index is 2.89. The number of likely N-dealkylation sites (N-methyl/N-ethyl adjacent to an activating group) is 1. The molecule has 0 aromatic heterocycles. The molecule has 0 radical (unpaired) electrons. The maximum absolute atomic E-state index is 12.1. The summed E-state index contributed by atoms with van der Waals surface area (Å²) in [7, 11) is 5.45. The Bertz CT molecular complexity index is 237. The summed E-state index contributed by atoms with van der Waals surface area (Å²) in [5, 5.41) is 3.42. The highest BCUT2D eigenvalue weighted by atomic mass is 16.5. The molecule has 0 saturated heterocycles. The average molecular weight is 228 g/mol. The molecule has 1 saturated carbocycles. The summed E-state index contributed by atoms with van der Waals surface area (Å²) in [6, 6.07) is 0.277. The first-order valence-corrected chi connectivity index (χ1v) is 5.93. The van der Waals surface area contributed by atoms with Gasteiger partial charge in [-0.05, 0) is 46.7 Å². The van der Waals surface area contributed by atoms with Gasteiger partial charge in [0, 0.05) is 12.6 Å². The van der Waals surface area contributed by atoms with E-state index in [1.54, 1.807) is 0 Å². The van der Waals surface area contributed by atoms with Crippen LogP contribution in [0.25, 0.3) is 0 Å². The molecular formula is C12H24N2O2. The highest BCUT2D eigenvalue weighted by Crippen LogP contribution is 2.41. The van der Waals surface area contributed by atoms with Gasteiger partial charge in [0.1, 0.15) is 5.54 Å². The number of hydrogen-bond acceptors (Lipinski definition) is 4. The number of nitrogens with zero attached hydrogens (tertiary/aromatic N) is 1. The SMILES string of the molecule is COC(=O)C(CN(C)C)(NC(C)C)C1CC1. The standard InChI is InChI=1S/C12H24N2O2/c1-9(2)13-12(8-14(3)4,10-6-7-10)11(15)16-5/h9-10,13H,6-8H2,1-5H3. The zero-order chi connectivity index (χ0) is 12.3. The molecule has 0 spiro atoms. The molecule has 0 heterocycles. The Morgan fingerprint density at radius 3 is 2.38 bits per heavy atom. The minimum absolute atomic E-state index is 0.127. The van der Waals surface area contributed by atoms with Gasteiger partial charge in [0.05, 0.1) is 7.11 Å². The van der Waals surface area contributed by atoms with E-state index in [9.17, 15) is 4.79 Å². The van der Waals surface area contributed by atoms with Crippen LogP contribution in [-0.2, 0) is 9.53 Å². The number of esters is 1. The molecule has 1 unspecified atom stereocenters. The van der Waals surface area contributed by atoms with Crippen molar-refractivity contribution >= 4 is 5.97 Å². The molecule has 0 aromatic carbocycles. The molecule has 4 nitrogen and oxygen atoms in total. The van der Waals surface area contributed by atoms with Crippen molar-refractivity contribution in [2.75, 3.05) is 27.7 Å². The minimum atomic E-state index is -0.521. The Morgan fingerprint density at radius 1 is 1.50 bits per heavy atom. The van der Waals surface area contributed by atoms with Gasteiger partial charge in [0.25, 0.3) is 0 Å². The van der Waals surface area contributed by atoms with Crippen molar-refractivity contribution in [3.8, 4) is 0 Å². The third-order valence-corrected chi connectivity index (χ3v) is 2.94. The van der Waals surface area contributed by atoms with Gasteiger partial charge in [-0.25, -0.2) is 4.79 Å². The fourth-order valence-corrected chi connectivity index (χ4v) is 2.35. The Hall–Kier alpha value is -0.610. The van der Waals surface area contributed by atoms with Gasteiger partial charge in [-0.3, -0.25) is 5.32 Å². The summed E-state index contributed by atoms with van der Waals surface area (Å²) >= 11 is 0. The molecule has 0 amide bonds. The maximum atomic E-state index is 12.1. The van der Waals surface area contributed by atoms with E-state index < -0.39 is 5.54 Å².